The lowest BCUT2D eigenvalue weighted by molar-refractivity contribution is 0.154. The van der Waals surface area contributed by atoms with Crippen LogP contribution in [0.1, 0.15) is 51.5 Å². The molecule has 1 aromatic carbocycles. The Balaban J connectivity index is 1.78. The lowest BCUT2D eigenvalue weighted by atomic mass is 9.71. The fourth-order valence-corrected chi connectivity index (χ4v) is 3.19. The summed E-state index contributed by atoms with van der Waals surface area (Å²) in [5, 5.41) is 3.62. The summed E-state index contributed by atoms with van der Waals surface area (Å²) in [5.74, 6) is 0.889. The molecule has 0 amide bonds. The molecular formula is C17H28N2. The third kappa shape index (κ3) is 4.24. The van der Waals surface area contributed by atoms with Crippen LogP contribution < -0.4 is 11.1 Å². The van der Waals surface area contributed by atoms with Crippen molar-refractivity contribution in [2.24, 2.45) is 11.3 Å². The van der Waals surface area contributed by atoms with Crippen LogP contribution >= 0.6 is 0 Å². The number of nitrogen functional groups attached to an aromatic ring is 1. The van der Waals surface area contributed by atoms with Gasteiger partial charge in [-0.3, -0.25) is 0 Å². The molecule has 0 bridgehead atoms. The second kappa shape index (κ2) is 6.42. The van der Waals surface area contributed by atoms with Gasteiger partial charge in [-0.2, -0.15) is 0 Å². The van der Waals surface area contributed by atoms with Crippen LogP contribution in [0.2, 0.25) is 0 Å². The van der Waals surface area contributed by atoms with Gasteiger partial charge in [-0.25, -0.2) is 0 Å². The van der Waals surface area contributed by atoms with E-state index in [9.17, 15) is 0 Å². The summed E-state index contributed by atoms with van der Waals surface area (Å²) in [6.07, 6.45) is 7.11. The van der Waals surface area contributed by atoms with Crippen molar-refractivity contribution < 1.29 is 0 Å². The fourth-order valence-electron chi connectivity index (χ4n) is 3.19. The highest BCUT2D eigenvalue weighted by atomic mass is 14.9. The zero-order chi connectivity index (χ0) is 13.7. The zero-order valence-corrected chi connectivity index (χ0v) is 12.4. The number of anilines is 1. The topological polar surface area (TPSA) is 38.0 Å². The van der Waals surface area contributed by atoms with Crippen LogP contribution in [0.15, 0.2) is 24.3 Å². The maximum absolute atomic E-state index is 5.70. The molecule has 0 saturated heterocycles. The first-order valence-electron chi connectivity index (χ1n) is 7.63. The highest BCUT2D eigenvalue weighted by Gasteiger charge is 2.29. The quantitative estimate of drug-likeness (QED) is 0.786. The molecule has 2 nitrogen and oxygen atoms in total. The van der Waals surface area contributed by atoms with E-state index in [-0.39, 0.29) is 0 Å². The van der Waals surface area contributed by atoms with Crippen LogP contribution in [0.4, 0.5) is 5.69 Å². The maximum atomic E-state index is 5.70. The molecule has 0 heterocycles. The van der Waals surface area contributed by atoms with E-state index in [1.54, 1.807) is 0 Å². The molecule has 2 rings (SSSR count). The second-order valence-electron chi connectivity index (χ2n) is 6.67. The Labute approximate surface area is 117 Å². The lowest BCUT2D eigenvalue weighted by Crippen LogP contribution is -2.36. The van der Waals surface area contributed by atoms with Gasteiger partial charge >= 0.3 is 0 Å². The number of nitrogens with one attached hydrogen (secondary N) is 1. The Morgan fingerprint density at radius 2 is 1.74 bits per heavy atom. The molecule has 1 aliphatic rings. The number of hydrogen-bond donors (Lipinski definition) is 2. The summed E-state index contributed by atoms with van der Waals surface area (Å²) in [6, 6.07) is 8.17. The molecule has 2 heteroatoms. The summed E-state index contributed by atoms with van der Waals surface area (Å²) in [4.78, 5) is 0. The average Bonchev–Trinajstić information content (AvgIpc) is 2.42. The largest absolute Gasteiger partial charge is 0.399 e. The average molecular weight is 260 g/mol. The van der Waals surface area contributed by atoms with E-state index in [1.165, 1.54) is 37.7 Å². The van der Waals surface area contributed by atoms with Crippen LogP contribution in [0.25, 0.3) is 0 Å². The Bertz CT molecular complexity index is 375. The molecular weight excluding hydrogens is 232 g/mol. The van der Waals surface area contributed by atoms with Crippen molar-refractivity contribution in [3.8, 4) is 0 Å². The summed E-state index contributed by atoms with van der Waals surface area (Å²) >= 11 is 0. The number of nitrogens with two attached hydrogens (primary N) is 1. The van der Waals surface area contributed by atoms with Crippen LogP contribution in [-0.4, -0.2) is 6.54 Å². The van der Waals surface area contributed by atoms with Crippen molar-refractivity contribution in [2.45, 2.75) is 52.5 Å². The van der Waals surface area contributed by atoms with Gasteiger partial charge in [0.15, 0.2) is 0 Å². The van der Waals surface area contributed by atoms with Crippen LogP contribution in [0.3, 0.4) is 0 Å². The number of hydrogen-bond acceptors (Lipinski definition) is 2. The van der Waals surface area contributed by atoms with Gasteiger partial charge < -0.3 is 11.1 Å². The zero-order valence-electron chi connectivity index (χ0n) is 12.4. The SMILES string of the molecule is CC(C)(CNCc1ccc(N)cc1)C1CCCCC1. The monoisotopic (exact) mass is 260 g/mol. The third-order valence-electron chi connectivity index (χ3n) is 4.60. The fraction of sp³-hybridized carbons (Fsp3) is 0.647. The van der Waals surface area contributed by atoms with Gasteiger partial charge in [0.2, 0.25) is 0 Å². The van der Waals surface area contributed by atoms with Crippen molar-refractivity contribution in [1.82, 2.24) is 5.32 Å². The van der Waals surface area contributed by atoms with E-state index in [2.05, 4.69) is 31.3 Å². The molecule has 0 radical (unpaired) electrons. The first kappa shape index (κ1) is 14.4. The van der Waals surface area contributed by atoms with Gasteiger partial charge in [0.1, 0.15) is 0 Å². The van der Waals surface area contributed by atoms with Gasteiger partial charge in [-0.15, -0.1) is 0 Å². The first-order valence-corrected chi connectivity index (χ1v) is 7.63. The molecule has 0 aromatic heterocycles. The first-order chi connectivity index (χ1) is 9.08. The van der Waals surface area contributed by atoms with E-state index < -0.39 is 0 Å². The Morgan fingerprint density at radius 1 is 1.11 bits per heavy atom. The summed E-state index contributed by atoms with van der Waals surface area (Å²) in [7, 11) is 0. The number of benzene rings is 1. The Kier molecular flexibility index (Phi) is 4.87. The van der Waals surface area contributed by atoms with Crippen molar-refractivity contribution in [2.75, 3.05) is 12.3 Å². The number of rotatable bonds is 5. The highest BCUT2D eigenvalue weighted by molar-refractivity contribution is 5.39. The van der Waals surface area contributed by atoms with E-state index >= 15 is 0 Å². The molecule has 1 saturated carbocycles. The summed E-state index contributed by atoms with van der Waals surface area (Å²) < 4.78 is 0. The molecule has 1 fully saturated rings. The van der Waals surface area contributed by atoms with Gasteiger partial charge in [0.05, 0.1) is 0 Å². The minimum absolute atomic E-state index is 0.411. The molecule has 19 heavy (non-hydrogen) atoms. The summed E-state index contributed by atoms with van der Waals surface area (Å²) in [5.41, 5.74) is 8.27. The highest BCUT2D eigenvalue weighted by Crippen LogP contribution is 2.37. The predicted octanol–water partition coefficient (Wildman–Crippen LogP) is 3.96. The predicted molar refractivity (Wildman–Crippen MR) is 82.9 cm³/mol. The smallest absolute Gasteiger partial charge is 0.0314 e. The van der Waals surface area contributed by atoms with Crippen molar-refractivity contribution in [3.63, 3.8) is 0 Å². The van der Waals surface area contributed by atoms with Crippen LogP contribution in [0.5, 0.6) is 0 Å². The Morgan fingerprint density at radius 3 is 2.37 bits per heavy atom. The molecule has 0 spiro atoms. The molecule has 0 atom stereocenters. The minimum atomic E-state index is 0.411. The van der Waals surface area contributed by atoms with Crippen LogP contribution in [0, 0.1) is 11.3 Å². The van der Waals surface area contributed by atoms with Gasteiger partial charge in [-0.1, -0.05) is 45.2 Å². The minimum Gasteiger partial charge on any atom is -0.399 e. The van der Waals surface area contributed by atoms with E-state index in [0.29, 0.717) is 5.41 Å². The molecule has 0 aliphatic heterocycles. The molecule has 0 unspecified atom stereocenters. The van der Waals surface area contributed by atoms with Gasteiger partial charge in [0.25, 0.3) is 0 Å². The normalized spacial score (nSPS) is 17.6. The van der Waals surface area contributed by atoms with Gasteiger partial charge in [-0.05, 0) is 41.9 Å². The van der Waals surface area contributed by atoms with E-state index in [1.807, 2.05) is 12.1 Å². The van der Waals surface area contributed by atoms with E-state index in [4.69, 9.17) is 5.73 Å². The Hall–Kier alpha value is -1.02. The van der Waals surface area contributed by atoms with E-state index in [0.717, 1.165) is 24.7 Å². The second-order valence-corrected chi connectivity index (χ2v) is 6.67. The molecule has 1 aromatic rings. The maximum Gasteiger partial charge on any atom is 0.0314 e. The van der Waals surface area contributed by atoms with Crippen molar-refractivity contribution in [1.29, 1.82) is 0 Å². The molecule has 1 aliphatic carbocycles. The molecule has 3 N–H and O–H groups in total. The third-order valence-corrected chi connectivity index (χ3v) is 4.60. The van der Waals surface area contributed by atoms with Crippen LogP contribution in [-0.2, 0) is 6.54 Å². The van der Waals surface area contributed by atoms with Crippen molar-refractivity contribution in [3.05, 3.63) is 29.8 Å². The summed E-state index contributed by atoms with van der Waals surface area (Å²) in [6.45, 7) is 6.87. The van der Waals surface area contributed by atoms with Crippen molar-refractivity contribution >= 4 is 5.69 Å². The van der Waals surface area contributed by atoms with Gasteiger partial charge in [0, 0.05) is 18.8 Å². The molecule has 106 valence electrons. The lowest BCUT2D eigenvalue weighted by Gasteiger charge is -2.37. The standard InChI is InChI=1S/C17H28N2/c1-17(2,15-6-4-3-5-7-15)13-19-12-14-8-10-16(18)11-9-14/h8-11,15,19H,3-7,12-13,18H2,1-2H3.